The van der Waals surface area contributed by atoms with Gasteiger partial charge in [-0.2, -0.15) is 20.1 Å². The van der Waals surface area contributed by atoms with Gasteiger partial charge in [-0.1, -0.05) is 11.6 Å². The summed E-state index contributed by atoms with van der Waals surface area (Å²) >= 11 is 8.61. The second-order valence-electron chi connectivity index (χ2n) is 2.83. The summed E-state index contributed by atoms with van der Waals surface area (Å²) in [7, 11) is 0. The molecule has 6 heteroatoms. The number of halogens is 1. The summed E-state index contributed by atoms with van der Waals surface area (Å²) in [4.78, 5) is 0. The van der Waals surface area contributed by atoms with Crippen LogP contribution >= 0.6 is 34.7 Å². The molecule has 2 heterocycles. The van der Waals surface area contributed by atoms with Crippen molar-refractivity contribution in [3.05, 3.63) is 27.5 Å². The molecule has 74 valence electrons. The van der Waals surface area contributed by atoms with E-state index in [1.165, 1.54) is 5.56 Å². The van der Waals surface area contributed by atoms with Crippen molar-refractivity contribution < 1.29 is 0 Å². The highest BCUT2D eigenvalue weighted by atomic mass is 35.5. The molecule has 0 amide bonds. The van der Waals surface area contributed by atoms with E-state index in [1.54, 1.807) is 11.3 Å². The average Bonchev–Trinajstić information content (AvgIpc) is 2.77. The lowest BCUT2D eigenvalue weighted by atomic mass is 10.2. The molecule has 2 aromatic heterocycles. The number of anilines is 1. The molecular formula is C8H8ClN3S2. The first kappa shape index (κ1) is 9.89. The molecule has 0 bridgehead atoms. The van der Waals surface area contributed by atoms with Crippen molar-refractivity contribution in [1.82, 2.24) is 8.75 Å². The Balaban J connectivity index is 2.09. The van der Waals surface area contributed by atoms with Gasteiger partial charge >= 0.3 is 0 Å². The van der Waals surface area contributed by atoms with Crippen molar-refractivity contribution in [3.63, 3.8) is 0 Å². The fourth-order valence-corrected chi connectivity index (χ4v) is 2.49. The molecule has 0 aliphatic heterocycles. The minimum Gasteiger partial charge on any atom is -0.360 e. The monoisotopic (exact) mass is 245 g/mol. The van der Waals surface area contributed by atoms with Crippen molar-refractivity contribution in [2.75, 3.05) is 5.32 Å². The maximum atomic E-state index is 5.82. The highest BCUT2D eigenvalue weighted by Crippen LogP contribution is 2.24. The molecule has 0 aliphatic rings. The van der Waals surface area contributed by atoms with E-state index in [1.807, 2.05) is 0 Å². The van der Waals surface area contributed by atoms with Crippen LogP contribution in [0.15, 0.2) is 16.8 Å². The van der Waals surface area contributed by atoms with Gasteiger partial charge in [-0.25, -0.2) is 0 Å². The van der Waals surface area contributed by atoms with Crippen LogP contribution in [0.25, 0.3) is 0 Å². The number of hydrogen-bond acceptors (Lipinski definition) is 5. The maximum absolute atomic E-state index is 5.82. The minimum absolute atomic E-state index is 0.211. The van der Waals surface area contributed by atoms with E-state index in [2.05, 4.69) is 37.8 Å². The normalized spacial score (nSPS) is 12.7. The van der Waals surface area contributed by atoms with Gasteiger partial charge in [-0.3, -0.25) is 0 Å². The zero-order valence-corrected chi connectivity index (χ0v) is 9.79. The summed E-state index contributed by atoms with van der Waals surface area (Å²) in [5, 5.41) is 7.80. The maximum Gasteiger partial charge on any atom is 0.186 e. The lowest BCUT2D eigenvalue weighted by Crippen LogP contribution is -2.05. The van der Waals surface area contributed by atoms with E-state index in [0.29, 0.717) is 11.0 Å². The largest absolute Gasteiger partial charge is 0.360 e. The van der Waals surface area contributed by atoms with Gasteiger partial charge < -0.3 is 5.32 Å². The van der Waals surface area contributed by atoms with Gasteiger partial charge in [0.25, 0.3) is 0 Å². The highest BCUT2D eigenvalue weighted by molar-refractivity contribution is 7.08. The number of hydrogen-bond donors (Lipinski definition) is 1. The Morgan fingerprint density at radius 3 is 2.93 bits per heavy atom. The van der Waals surface area contributed by atoms with Crippen LogP contribution in [0.2, 0.25) is 5.15 Å². The van der Waals surface area contributed by atoms with E-state index in [4.69, 9.17) is 11.6 Å². The van der Waals surface area contributed by atoms with Gasteiger partial charge in [0.1, 0.15) is 0 Å². The van der Waals surface area contributed by atoms with Crippen LogP contribution in [0.1, 0.15) is 18.5 Å². The zero-order chi connectivity index (χ0) is 9.97. The summed E-state index contributed by atoms with van der Waals surface area (Å²) in [5.74, 6) is 0.662. The van der Waals surface area contributed by atoms with Crippen molar-refractivity contribution in [3.8, 4) is 0 Å². The van der Waals surface area contributed by atoms with E-state index < -0.39 is 0 Å². The molecule has 2 aromatic rings. The smallest absolute Gasteiger partial charge is 0.186 e. The second kappa shape index (κ2) is 4.25. The number of nitrogens with zero attached hydrogens (tertiary/aromatic N) is 2. The Kier molecular flexibility index (Phi) is 3.00. The fraction of sp³-hybridized carbons (Fsp3) is 0.250. The lowest BCUT2D eigenvalue weighted by Gasteiger charge is -2.10. The van der Waals surface area contributed by atoms with Crippen LogP contribution in [-0.2, 0) is 0 Å². The van der Waals surface area contributed by atoms with Crippen LogP contribution in [0, 0.1) is 0 Å². The van der Waals surface area contributed by atoms with Crippen molar-refractivity contribution >= 4 is 40.5 Å². The SMILES string of the molecule is CC(Nc1nsnc1Cl)c1ccsc1. The summed E-state index contributed by atoms with van der Waals surface area (Å²) in [6.45, 7) is 2.07. The molecule has 2 rings (SSSR count). The molecule has 0 aromatic carbocycles. The van der Waals surface area contributed by atoms with Crippen molar-refractivity contribution in [1.29, 1.82) is 0 Å². The topological polar surface area (TPSA) is 37.8 Å². The van der Waals surface area contributed by atoms with Crippen LogP contribution in [0.4, 0.5) is 5.82 Å². The van der Waals surface area contributed by atoms with Crippen molar-refractivity contribution in [2.45, 2.75) is 13.0 Å². The van der Waals surface area contributed by atoms with Crippen LogP contribution in [0.3, 0.4) is 0 Å². The number of thiophene rings is 1. The molecule has 0 fully saturated rings. The first-order valence-electron chi connectivity index (χ1n) is 4.04. The Labute approximate surface area is 95.1 Å². The molecule has 0 saturated carbocycles. The number of nitrogens with one attached hydrogen (secondary N) is 1. The summed E-state index contributed by atoms with van der Waals surface area (Å²) < 4.78 is 7.94. The van der Waals surface area contributed by atoms with Crippen LogP contribution in [0.5, 0.6) is 0 Å². The Morgan fingerprint density at radius 1 is 1.50 bits per heavy atom. The third-order valence-corrected chi connectivity index (χ3v) is 3.44. The van der Waals surface area contributed by atoms with E-state index in [-0.39, 0.29) is 6.04 Å². The van der Waals surface area contributed by atoms with Crippen LogP contribution in [-0.4, -0.2) is 8.75 Å². The van der Waals surface area contributed by atoms with Gasteiger partial charge in [0.2, 0.25) is 0 Å². The van der Waals surface area contributed by atoms with Gasteiger partial charge in [0.15, 0.2) is 11.0 Å². The molecule has 0 spiro atoms. The second-order valence-corrected chi connectivity index (χ2v) is 4.49. The third-order valence-electron chi connectivity index (χ3n) is 1.84. The van der Waals surface area contributed by atoms with Crippen LogP contribution < -0.4 is 5.32 Å². The third kappa shape index (κ3) is 2.05. The lowest BCUT2D eigenvalue weighted by molar-refractivity contribution is 0.884. The standard InChI is InChI=1S/C8H8ClN3S2/c1-5(6-2-3-13-4-6)10-8-7(9)11-14-12-8/h2-5H,1H3,(H,10,12). The number of aromatic nitrogens is 2. The van der Waals surface area contributed by atoms with E-state index >= 15 is 0 Å². The number of rotatable bonds is 3. The van der Waals surface area contributed by atoms with E-state index in [9.17, 15) is 0 Å². The molecular weight excluding hydrogens is 238 g/mol. The molecule has 1 N–H and O–H groups in total. The van der Waals surface area contributed by atoms with Gasteiger partial charge in [0, 0.05) is 0 Å². The highest BCUT2D eigenvalue weighted by Gasteiger charge is 2.10. The zero-order valence-electron chi connectivity index (χ0n) is 7.40. The molecule has 0 radical (unpaired) electrons. The Bertz CT molecular complexity index is 398. The van der Waals surface area contributed by atoms with Crippen molar-refractivity contribution in [2.24, 2.45) is 0 Å². The quantitative estimate of drug-likeness (QED) is 0.900. The predicted molar refractivity (Wildman–Crippen MR) is 61.3 cm³/mol. The average molecular weight is 246 g/mol. The molecule has 14 heavy (non-hydrogen) atoms. The summed E-state index contributed by atoms with van der Waals surface area (Å²) in [6, 6.07) is 2.29. The Morgan fingerprint density at radius 2 is 2.36 bits per heavy atom. The first-order chi connectivity index (χ1) is 6.77. The van der Waals surface area contributed by atoms with E-state index in [0.717, 1.165) is 11.7 Å². The summed E-state index contributed by atoms with van der Waals surface area (Å²) in [6.07, 6.45) is 0. The van der Waals surface area contributed by atoms with Gasteiger partial charge in [0.05, 0.1) is 17.8 Å². The predicted octanol–water partition coefficient (Wildman–Crippen LogP) is 3.43. The molecule has 3 nitrogen and oxygen atoms in total. The first-order valence-corrected chi connectivity index (χ1v) is 6.09. The van der Waals surface area contributed by atoms with Gasteiger partial charge in [-0.15, -0.1) is 0 Å². The molecule has 0 saturated heterocycles. The fourth-order valence-electron chi connectivity index (χ4n) is 1.07. The Hall–Kier alpha value is -0.650. The molecule has 1 atom stereocenters. The molecule has 0 aliphatic carbocycles. The minimum atomic E-state index is 0.211. The molecule has 1 unspecified atom stereocenters. The van der Waals surface area contributed by atoms with Gasteiger partial charge in [-0.05, 0) is 29.3 Å². The summed E-state index contributed by atoms with van der Waals surface area (Å²) in [5.41, 5.74) is 1.24.